The van der Waals surface area contributed by atoms with E-state index < -0.39 is 0 Å². The Morgan fingerprint density at radius 2 is 2.00 bits per heavy atom. The van der Waals surface area contributed by atoms with Crippen LogP contribution in [0.5, 0.6) is 0 Å². The van der Waals surface area contributed by atoms with Gasteiger partial charge in [0.15, 0.2) is 0 Å². The average molecular weight is 168 g/mol. The molecule has 0 fully saturated rings. The van der Waals surface area contributed by atoms with Crippen molar-refractivity contribution in [1.29, 1.82) is 0 Å². The predicted octanol–water partition coefficient (Wildman–Crippen LogP) is 2.52. The third-order valence-corrected chi connectivity index (χ3v) is 2.04. The first-order chi connectivity index (χ1) is 5.43. The van der Waals surface area contributed by atoms with E-state index in [-0.39, 0.29) is 0 Å². The van der Waals surface area contributed by atoms with E-state index in [1.807, 2.05) is 6.07 Å². The molecule has 0 N–H and O–H groups in total. The molecule has 1 aromatic rings. The minimum Gasteiger partial charge on any atom is -0.319 e. The van der Waals surface area contributed by atoms with E-state index >= 15 is 0 Å². The van der Waals surface area contributed by atoms with Gasteiger partial charge in [0, 0.05) is 5.75 Å². The summed E-state index contributed by atoms with van der Waals surface area (Å²) < 4.78 is 4.88. The zero-order valence-electron chi connectivity index (χ0n) is 6.62. The van der Waals surface area contributed by atoms with Gasteiger partial charge < -0.3 is 4.18 Å². The second-order valence-corrected chi connectivity index (χ2v) is 3.20. The SMILES string of the molecule is COSCCc1ccccc1. The lowest BCUT2D eigenvalue weighted by Crippen LogP contribution is -1.87. The number of rotatable bonds is 4. The van der Waals surface area contributed by atoms with Gasteiger partial charge in [-0.1, -0.05) is 30.3 Å². The molecule has 0 aliphatic carbocycles. The van der Waals surface area contributed by atoms with E-state index in [9.17, 15) is 0 Å². The predicted molar refractivity (Wildman–Crippen MR) is 49.6 cm³/mol. The van der Waals surface area contributed by atoms with Crippen LogP contribution in [0.2, 0.25) is 0 Å². The van der Waals surface area contributed by atoms with Crippen molar-refractivity contribution < 1.29 is 4.18 Å². The van der Waals surface area contributed by atoms with Crippen molar-refractivity contribution in [3.8, 4) is 0 Å². The normalized spacial score (nSPS) is 9.91. The molecule has 0 saturated carbocycles. The van der Waals surface area contributed by atoms with Crippen LogP contribution in [0.3, 0.4) is 0 Å². The first kappa shape index (κ1) is 8.62. The van der Waals surface area contributed by atoms with Crippen molar-refractivity contribution in [2.24, 2.45) is 0 Å². The van der Waals surface area contributed by atoms with Crippen LogP contribution in [0.25, 0.3) is 0 Å². The van der Waals surface area contributed by atoms with Crippen molar-refractivity contribution in [3.63, 3.8) is 0 Å². The quantitative estimate of drug-likeness (QED) is 0.504. The van der Waals surface area contributed by atoms with Crippen LogP contribution in [0, 0.1) is 0 Å². The third-order valence-electron chi connectivity index (χ3n) is 1.43. The summed E-state index contributed by atoms with van der Waals surface area (Å²) in [6, 6.07) is 10.4. The second-order valence-electron chi connectivity index (χ2n) is 2.22. The van der Waals surface area contributed by atoms with Crippen molar-refractivity contribution in [3.05, 3.63) is 35.9 Å². The first-order valence-electron chi connectivity index (χ1n) is 3.63. The summed E-state index contributed by atoms with van der Waals surface area (Å²) >= 11 is 1.50. The number of benzene rings is 1. The van der Waals surface area contributed by atoms with Crippen molar-refractivity contribution in [2.75, 3.05) is 12.9 Å². The summed E-state index contributed by atoms with van der Waals surface area (Å²) in [6.45, 7) is 0. The fraction of sp³-hybridized carbons (Fsp3) is 0.333. The van der Waals surface area contributed by atoms with Crippen LogP contribution in [-0.2, 0) is 10.6 Å². The van der Waals surface area contributed by atoms with Crippen LogP contribution in [0.4, 0.5) is 0 Å². The molecule has 0 aliphatic rings. The maximum absolute atomic E-state index is 4.88. The number of hydrogen-bond acceptors (Lipinski definition) is 2. The molecular weight excluding hydrogens is 156 g/mol. The minimum absolute atomic E-state index is 1.03. The van der Waals surface area contributed by atoms with Gasteiger partial charge in [-0.15, -0.1) is 0 Å². The van der Waals surface area contributed by atoms with Gasteiger partial charge in [-0.2, -0.15) is 0 Å². The molecule has 11 heavy (non-hydrogen) atoms. The molecule has 0 aliphatic heterocycles. The maximum Gasteiger partial charge on any atom is 0.0503 e. The molecular formula is C9H12OS. The van der Waals surface area contributed by atoms with Gasteiger partial charge in [0.05, 0.1) is 7.11 Å². The molecule has 0 saturated heterocycles. The molecule has 0 aromatic heterocycles. The second kappa shape index (κ2) is 5.22. The van der Waals surface area contributed by atoms with E-state index in [1.54, 1.807) is 7.11 Å². The van der Waals surface area contributed by atoms with Crippen molar-refractivity contribution in [2.45, 2.75) is 6.42 Å². The molecule has 0 amide bonds. The fourth-order valence-electron chi connectivity index (χ4n) is 0.888. The van der Waals surface area contributed by atoms with E-state index in [1.165, 1.54) is 17.6 Å². The van der Waals surface area contributed by atoms with Crippen LogP contribution >= 0.6 is 12.0 Å². The van der Waals surface area contributed by atoms with Gasteiger partial charge in [0.2, 0.25) is 0 Å². The summed E-state index contributed by atoms with van der Waals surface area (Å²) in [5.74, 6) is 1.03. The van der Waals surface area contributed by atoms with E-state index in [0.717, 1.165) is 12.2 Å². The van der Waals surface area contributed by atoms with E-state index in [2.05, 4.69) is 24.3 Å². The molecule has 1 aromatic carbocycles. The van der Waals surface area contributed by atoms with Crippen LogP contribution in [0.1, 0.15) is 5.56 Å². The average Bonchev–Trinajstić information content (AvgIpc) is 2.07. The highest BCUT2D eigenvalue weighted by molar-refractivity contribution is 7.94. The summed E-state index contributed by atoms with van der Waals surface area (Å²) in [6.07, 6.45) is 1.08. The monoisotopic (exact) mass is 168 g/mol. The fourth-order valence-corrected chi connectivity index (χ4v) is 1.37. The molecule has 0 heterocycles. The molecule has 0 atom stereocenters. The topological polar surface area (TPSA) is 9.23 Å². The zero-order chi connectivity index (χ0) is 7.94. The summed E-state index contributed by atoms with van der Waals surface area (Å²) in [5.41, 5.74) is 1.37. The minimum atomic E-state index is 1.03. The summed E-state index contributed by atoms with van der Waals surface area (Å²) in [5, 5.41) is 0. The van der Waals surface area contributed by atoms with Gasteiger partial charge in [0.25, 0.3) is 0 Å². The lowest BCUT2D eigenvalue weighted by Gasteiger charge is -1.97. The van der Waals surface area contributed by atoms with E-state index in [0.29, 0.717) is 0 Å². The Bertz CT molecular complexity index is 186. The standard InChI is InChI=1S/C9H12OS/c1-10-11-8-7-9-5-3-2-4-6-9/h2-6H,7-8H2,1H3. The highest BCUT2D eigenvalue weighted by Gasteiger charge is 1.90. The molecule has 0 unspecified atom stereocenters. The highest BCUT2D eigenvalue weighted by Crippen LogP contribution is 2.05. The van der Waals surface area contributed by atoms with Gasteiger partial charge in [-0.25, -0.2) is 0 Å². The summed E-state index contributed by atoms with van der Waals surface area (Å²) in [4.78, 5) is 0. The number of aryl methyl sites for hydroxylation is 1. The highest BCUT2D eigenvalue weighted by atomic mass is 32.2. The summed E-state index contributed by atoms with van der Waals surface area (Å²) in [7, 11) is 1.70. The van der Waals surface area contributed by atoms with E-state index in [4.69, 9.17) is 4.18 Å². The lowest BCUT2D eigenvalue weighted by atomic mass is 10.2. The first-order valence-corrected chi connectivity index (χ1v) is 4.54. The number of hydrogen-bond donors (Lipinski definition) is 0. The maximum atomic E-state index is 4.88. The smallest absolute Gasteiger partial charge is 0.0503 e. The van der Waals surface area contributed by atoms with Crippen LogP contribution in [-0.4, -0.2) is 12.9 Å². The molecule has 1 nitrogen and oxygen atoms in total. The Morgan fingerprint density at radius 3 is 2.64 bits per heavy atom. The Labute approximate surface area is 72.0 Å². The van der Waals surface area contributed by atoms with Crippen LogP contribution in [0.15, 0.2) is 30.3 Å². The Balaban J connectivity index is 2.28. The van der Waals surface area contributed by atoms with Gasteiger partial charge in [-0.3, -0.25) is 0 Å². The van der Waals surface area contributed by atoms with Gasteiger partial charge >= 0.3 is 0 Å². The van der Waals surface area contributed by atoms with Crippen molar-refractivity contribution >= 4 is 12.0 Å². The van der Waals surface area contributed by atoms with Gasteiger partial charge in [0.1, 0.15) is 0 Å². The lowest BCUT2D eigenvalue weighted by molar-refractivity contribution is 0.489. The molecule has 2 heteroatoms. The zero-order valence-corrected chi connectivity index (χ0v) is 7.43. The Morgan fingerprint density at radius 1 is 1.27 bits per heavy atom. The third kappa shape index (κ3) is 3.44. The molecule has 60 valence electrons. The molecule has 0 spiro atoms. The van der Waals surface area contributed by atoms with Gasteiger partial charge in [-0.05, 0) is 24.0 Å². The molecule has 0 bridgehead atoms. The molecule has 1 rings (SSSR count). The Kier molecular flexibility index (Phi) is 4.09. The van der Waals surface area contributed by atoms with Crippen molar-refractivity contribution in [1.82, 2.24) is 0 Å². The molecule has 0 radical (unpaired) electrons. The van der Waals surface area contributed by atoms with Crippen LogP contribution < -0.4 is 0 Å². The largest absolute Gasteiger partial charge is 0.319 e. The Hall–Kier alpha value is -0.470.